The molecule has 4 heteroatoms. The number of carbonyl (C=O) groups is 1. The maximum Gasteiger partial charge on any atom is 0.261 e. The van der Waals surface area contributed by atoms with E-state index >= 15 is 0 Å². The van der Waals surface area contributed by atoms with Gasteiger partial charge >= 0.3 is 0 Å². The zero-order valence-electron chi connectivity index (χ0n) is 14.0. The molecule has 0 radical (unpaired) electrons. The van der Waals surface area contributed by atoms with E-state index in [0.29, 0.717) is 18.7 Å². The Labute approximate surface area is 146 Å². The van der Waals surface area contributed by atoms with Gasteiger partial charge in [0, 0.05) is 11.9 Å². The molecule has 0 aliphatic heterocycles. The van der Waals surface area contributed by atoms with Crippen molar-refractivity contribution < 1.29 is 13.9 Å². The van der Waals surface area contributed by atoms with Crippen LogP contribution in [0.3, 0.4) is 0 Å². The number of carbonyl (C=O) groups excluding carboxylic acids is 1. The molecular weight excluding hydrogens is 317 g/mol. The smallest absolute Gasteiger partial charge is 0.261 e. The van der Waals surface area contributed by atoms with Crippen LogP contribution in [-0.2, 0) is 11.3 Å². The lowest BCUT2D eigenvalue weighted by Gasteiger charge is -2.18. The van der Waals surface area contributed by atoms with Crippen LogP contribution in [0.5, 0.6) is 5.75 Å². The number of hydrogen-bond acceptors (Lipinski definition) is 2. The number of hydrogen-bond donors (Lipinski definition) is 1. The molecule has 3 nitrogen and oxygen atoms in total. The Balaban J connectivity index is 1.68. The fourth-order valence-electron chi connectivity index (χ4n) is 2.68. The lowest BCUT2D eigenvalue weighted by atomic mass is 10.1. The Morgan fingerprint density at radius 1 is 1.04 bits per heavy atom. The van der Waals surface area contributed by atoms with Crippen LogP contribution >= 0.6 is 0 Å². The minimum Gasteiger partial charge on any atom is -0.480 e. The first-order chi connectivity index (χ1) is 12.2. The van der Waals surface area contributed by atoms with Crippen LogP contribution in [0.25, 0.3) is 10.8 Å². The SMILES string of the molecule is CC[C@H](Oc1cccc2ccccc12)C(=O)NCc1ccc(F)cc1. The van der Waals surface area contributed by atoms with Crippen molar-refractivity contribution in [2.45, 2.75) is 26.0 Å². The fraction of sp³-hybridized carbons (Fsp3) is 0.190. The van der Waals surface area contributed by atoms with Crippen LogP contribution in [0, 0.1) is 5.82 Å². The van der Waals surface area contributed by atoms with Gasteiger partial charge in [-0.1, -0.05) is 55.5 Å². The van der Waals surface area contributed by atoms with Crippen molar-refractivity contribution in [2.24, 2.45) is 0 Å². The van der Waals surface area contributed by atoms with Crippen LogP contribution < -0.4 is 10.1 Å². The minimum absolute atomic E-state index is 0.181. The zero-order chi connectivity index (χ0) is 17.6. The van der Waals surface area contributed by atoms with Gasteiger partial charge in [0.15, 0.2) is 6.10 Å². The average Bonchev–Trinajstić information content (AvgIpc) is 2.65. The van der Waals surface area contributed by atoms with E-state index in [-0.39, 0.29) is 11.7 Å². The first kappa shape index (κ1) is 17.0. The van der Waals surface area contributed by atoms with Gasteiger partial charge in [0.25, 0.3) is 5.91 Å². The molecule has 0 aromatic heterocycles. The standard InChI is InChI=1S/C21H20FNO2/c1-2-19(21(24)23-14-15-10-12-17(22)13-11-15)25-20-9-5-7-16-6-3-4-8-18(16)20/h3-13,19H,2,14H2,1H3,(H,23,24)/t19-/m0/s1. The van der Waals surface area contributed by atoms with E-state index in [2.05, 4.69) is 5.32 Å². The Kier molecular flexibility index (Phi) is 5.29. The van der Waals surface area contributed by atoms with Crippen molar-refractivity contribution in [3.05, 3.63) is 78.1 Å². The van der Waals surface area contributed by atoms with Crippen LogP contribution in [0.15, 0.2) is 66.7 Å². The van der Waals surface area contributed by atoms with Crippen molar-refractivity contribution >= 4 is 16.7 Å². The molecule has 0 aliphatic rings. The van der Waals surface area contributed by atoms with Gasteiger partial charge in [-0.3, -0.25) is 4.79 Å². The van der Waals surface area contributed by atoms with E-state index in [1.165, 1.54) is 12.1 Å². The second-order valence-corrected chi connectivity index (χ2v) is 5.84. The van der Waals surface area contributed by atoms with Gasteiger partial charge in [-0.15, -0.1) is 0 Å². The molecule has 0 saturated heterocycles. The van der Waals surface area contributed by atoms with Crippen molar-refractivity contribution in [1.29, 1.82) is 0 Å². The maximum absolute atomic E-state index is 12.9. The van der Waals surface area contributed by atoms with Crippen LogP contribution in [0.2, 0.25) is 0 Å². The summed E-state index contributed by atoms with van der Waals surface area (Å²) in [6.07, 6.45) is -0.0235. The van der Waals surface area contributed by atoms with Crippen molar-refractivity contribution in [2.75, 3.05) is 0 Å². The summed E-state index contributed by atoms with van der Waals surface area (Å²) in [5, 5.41) is 4.90. The Hall–Kier alpha value is -2.88. The third-order valence-corrected chi connectivity index (χ3v) is 4.06. The van der Waals surface area contributed by atoms with Gasteiger partial charge in [-0.05, 0) is 35.6 Å². The van der Waals surface area contributed by atoms with Gasteiger partial charge in [-0.25, -0.2) is 4.39 Å². The Morgan fingerprint density at radius 2 is 1.76 bits per heavy atom. The lowest BCUT2D eigenvalue weighted by Crippen LogP contribution is -2.37. The van der Waals surface area contributed by atoms with E-state index < -0.39 is 6.10 Å². The minimum atomic E-state index is -0.578. The predicted octanol–water partition coefficient (Wildman–Crippen LogP) is 4.45. The monoisotopic (exact) mass is 337 g/mol. The number of ether oxygens (including phenoxy) is 1. The molecule has 1 N–H and O–H groups in total. The molecule has 0 spiro atoms. The topological polar surface area (TPSA) is 38.3 Å². The molecule has 1 amide bonds. The largest absolute Gasteiger partial charge is 0.480 e. The highest BCUT2D eigenvalue weighted by Gasteiger charge is 2.19. The van der Waals surface area contributed by atoms with Gasteiger partial charge < -0.3 is 10.1 Å². The number of fused-ring (bicyclic) bond motifs is 1. The summed E-state index contributed by atoms with van der Waals surface area (Å²) in [6.45, 7) is 2.25. The second-order valence-electron chi connectivity index (χ2n) is 5.84. The average molecular weight is 337 g/mol. The summed E-state index contributed by atoms with van der Waals surface area (Å²) in [4.78, 5) is 12.4. The quantitative estimate of drug-likeness (QED) is 0.721. The molecule has 3 aromatic carbocycles. The van der Waals surface area contributed by atoms with Crippen LogP contribution in [0.1, 0.15) is 18.9 Å². The summed E-state index contributed by atoms with van der Waals surface area (Å²) in [7, 11) is 0. The summed E-state index contributed by atoms with van der Waals surface area (Å²) < 4.78 is 18.9. The fourth-order valence-corrected chi connectivity index (χ4v) is 2.68. The summed E-state index contributed by atoms with van der Waals surface area (Å²) in [5.74, 6) is 0.224. The molecule has 3 rings (SSSR count). The Bertz CT molecular complexity index is 856. The van der Waals surface area contributed by atoms with Crippen LogP contribution in [-0.4, -0.2) is 12.0 Å². The van der Waals surface area contributed by atoms with Gasteiger partial charge in [0.1, 0.15) is 11.6 Å². The molecule has 0 bridgehead atoms. The molecule has 0 unspecified atom stereocenters. The lowest BCUT2D eigenvalue weighted by molar-refractivity contribution is -0.128. The highest BCUT2D eigenvalue weighted by Crippen LogP contribution is 2.26. The molecule has 128 valence electrons. The van der Waals surface area contributed by atoms with E-state index in [1.54, 1.807) is 12.1 Å². The van der Waals surface area contributed by atoms with E-state index in [0.717, 1.165) is 16.3 Å². The molecule has 1 atom stereocenters. The first-order valence-corrected chi connectivity index (χ1v) is 8.34. The highest BCUT2D eigenvalue weighted by molar-refractivity contribution is 5.89. The van der Waals surface area contributed by atoms with Gasteiger partial charge in [0.2, 0.25) is 0 Å². The number of benzene rings is 3. The van der Waals surface area contributed by atoms with E-state index in [1.807, 2.05) is 49.4 Å². The second kappa shape index (κ2) is 7.79. The number of amides is 1. The normalized spacial score (nSPS) is 11.9. The summed E-state index contributed by atoms with van der Waals surface area (Å²) in [5.41, 5.74) is 0.842. The summed E-state index contributed by atoms with van der Waals surface area (Å²) >= 11 is 0. The van der Waals surface area contributed by atoms with Gasteiger partial charge in [0.05, 0.1) is 0 Å². The third-order valence-electron chi connectivity index (χ3n) is 4.06. The molecular formula is C21H20FNO2. The van der Waals surface area contributed by atoms with Crippen molar-refractivity contribution in [3.63, 3.8) is 0 Å². The molecule has 0 heterocycles. The predicted molar refractivity (Wildman–Crippen MR) is 96.9 cm³/mol. The third kappa shape index (κ3) is 4.15. The number of halogens is 1. The molecule has 0 aliphatic carbocycles. The zero-order valence-corrected chi connectivity index (χ0v) is 14.0. The maximum atomic E-state index is 12.9. The summed E-state index contributed by atoms with van der Waals surface area (Å²) in [6, 6.07) is 19.8. The van der Waals surface area contributed by atoms with Gasteiger partial charge in [-0.2, -0.15) is 0 Å². The van der Waals surface area contributed by atoms with E-state index in [4.69, 9.17) is 4.74 Å². The van der Waals surface area contributed by atoms with Crippen molar-refractivity contribution in [3.8, 4) is 5.75 Å². The van der Waals surface area contributed by atoms with E-state index in [9.17, 15) is 9.18 Å². The molecule has 0 saturated carbocycles. The highest BCUT2D eigenvalue weighted by atomic mass is 19.1. The number of nitrogens with one attached hydrogen (secondary N) is 1. The molecule has 3 aromatic rings. The molecule has 0 fully saturated rings. The first-order valence-electron chi connectivity index (χ1n) is 8.34. The van der Waals surface area contributed by atoms with Crippen molar-refractivity contribution in [1.82, 2.24) is 5.32 Å². The van der Waals surface area contributed by atoms with Crippen LogP contribution in [0.4, 0.5) is 4.39 Å². The number of rotatable bonds is 6. The molecule has 25 heavy (non-hydrogen) atoms. The Morgan fingerprint density at radius 3 is 2.52 bits per heavy atom.